The zero-order chi connectivity index (χ0) is 23.8. The van der Waals surface area contributed by atoms with Crippen molar-refractivity contribution >= 4 is 12.0 Å². The van der Waals surface area contributed by atoms with E-state index < -0.39 is 0 Å². The second-order valence-electron chi connectivity index (χ2n) is 9.18. The number of hydrogen-bond acceptors (Lipinski definition) is 10. The number of nitrogens with one attached hydrogen (secondary N) is 1. The van der Waals surface area contributed by atoms with Gasteiger partial charge in [0.25, 0.3) is 0 Å². The summed E-state index contributed by atoms with van der Waals surface area (Å²) >= 11 is 0. The number of aromatic nitrogens is 3. The highest BCUT2D eigenvalue weighted by molar-refractivity contribution is 5.71. The molecule has 34 heavy (non-hydrogen) atoms. The Labute approximate surface area is 199 Å². The predicted octanol–water partition coefficient (Wildman–Crippen LogP) is 3.96. The molecule has 3 aliphatic rings. The van der Waals surface area contributed by atoms with E-state index in [1.807, 2.05) is 37.3 Å². The van der Waals surface area contributed by atoms with Gasteiger partial charge in [0.05, 0.1) is 30.5 Å². The van der Waals surface area contributed by atoms with Gasteiger partial charge in [-0.25, -0.2) is 15.0 Å². The summed E-state index contributed by atoms with van der Waals surface area (Å²) in [6.45, 7) is 6.11. The summed E-state index contributed by atoms with van der Waals surface area (Å²) in [5.74, 6) is 3.26. The van der Waals surface area contributed by atoms with Crippen LogP contribution < -0.4 is 15.1 Å². The quantitative estimate of drug-likeness (QED) is 0.679. The number of fused-ring (bicyclic) bond motifs is 1. The first-order chi connectivity index (χ1) is 16.4. The second kappa shape index (κ2) is 9.00. The van der Waals surface area contributed by atoms with Gasteiger partial charge in [-0.2, -0.15) is 4.98 Å². The number of aliphatic imine (C=N–C) groups is 1. The number of aryl methyl sites for hydroxylation is 1. The highest BCUT2D eigenvalue weighted by Crippen LogP contribution is 2.39. The number of methoxy groups -OCH3 is 1. The Kier molecular flexibility index (Phi) is 5.89. The molecule has 0 unspecified atom stereocenters. The maximum absolute atomic E-state index is 6.48. The van der Waals surface area contributed by atoms with E-state index in [1.54, 1.807) is 13.4 Å². The van der Waals surface area contributed by atoms with Crippen LogP contribution in [-0.4, -0.2) is 46.7 Å². The molecule has 10 heteroatoms. The van der Waals surface area contributed by atoms with E-state index in [4.69, 9.17) is 14.0 Å². The van der Waals surface area contributed by atoms with E-state index in [1.165, 1.54) is 0 Å². The fourth-order valence-electron chi connectivity index (χ4n) is 4.59. The van der Waals surface area contributed by atoms with Gasteiger partial charge in [0.1, 0.15) is 6.10 Å². The van der Waals surface area contributed by atoms with Crippen molar-refractivity contribution in [3.63, 3.8) is 0 Å². The number of rotatable bonds is 6. The third-order valence-electron chi connectivity index (χ3n) is 6.45. The van der Waals surface area contributed by atoms with Gasteiger partial charge in [0.15, 0.2) is 11.5 Å². The van der Waals surface area contributed by atoms with E-state index in [2.05, 4.69) is 44.3 Å². The number of anilines is 1. The van der Waals surface area contributed by atoms with Crippen LogP contribution >= 0.6 is 0 Å². The van der Waals surface area contributed by atoms with Crippen LogP contribution in [0.1, 0.15) is 68.8 Å². The van der Waals surface area contributed by atoms with Crippen LogP contribution in [0.3, 0.4) is 0 Å². The number of pyridine rings is 1. The maximum Gasteiger partial charge on any atom is 0.243 e. The van der Waals surface area contributed by atoms with Crippen LogP contribution in [0.25, 0.3) is 0 Å². The van der Waals surface area contributed by atoms with Gasteiger partial charge in [-0.15, -0.1) is 0 Å². The third-order valence-corrected chi connectivity index (χ3v) is 6.45. The Morgan fingerprint density at radius 3 is 2.62 bits per heavy atom. The number of hydrogen-bond donors (Lipinski definition) is 1. The van der Waals surface area contributed by atoms with Crippen molar-refractivity contribution in [3.8, 4) is 5.88 Å². The normalized spacial score (nSPS) is 22.1. The fraction of sp³-hybridized carbons (Fsp3) is 0.500. The van der Waals surface area contributed by atoms with Gasteiger partial charge in [-0.1, -0.05) is 19.0 Å². The minimum absolute atomic E-state index is 0.0746. The Balaban J connectivity index is 1.33. The average Bonchev–Trinajstić information content (AvgIpc) is 3.45. The SMILES string of the molecule is COc1ccc(N2C3=C(OC4CCC(c5nc(C(C)C)no5)CC4)N=CNC3=CN2C)c(C)n1. The topological polar surface area (TPSA) is 101 Å². The third kappa shape index (κ3) is 4.08. The summed E-state index contributed by atoms with van der Waals surface area (Å²) in [5.41, 5.74) is 3.60. The van der Waals surface area contributed by atoms with Crippen LogP contribution in [-0.2, 0) is 4.74 Å². The number of ether oxygens (including phenoxy) is 2. The molecule has 4 heterocycles. The molecule has 0 bridgehead atoms. The maximum atomic E-state index is 6.48. The molecule has 0 saturated heterocycles. The van der Waals surface area contributed by atoms with Crippen LogP contribution in [0.4, 0.5) is 5.69 Å². The molecule has 180 valence electrons. The first-order valence-corrected chi connectivity index (χ1v) is 11.7. The molecule has 2 aromatic heterocycles. The molecular formula is C24H31N7O3. The lowest BCUT2D eigenvalue weighted by Crippen LogP contribution is -2.35. The molecule has 0 radical (unpaired) electrons. The minimum Gasteiger partial charge on any atom is -0.481 e. The lowest BCUT2D eigenvalue weighted by atomic mass is 9.87. The Morgan fingerprint density at radius 1 is 1.15 bits per heavy atom. The van der Waals surface area contributed by atoms with Crippen molar-refractivity contribution in [2.24, 2.45) is 4.99 Å². The summed E-state index contributed by atoms with van der Waals surface area (Å²) in [5, 5.41) is 11.4. The lowest BCUT2D eigenvalue weighted by Gasteiger charge is -2.32. The van der Waals surface area contributed by atoms with Crippen molar-refractivity contribution < 1.29 is 14.0 Å². The largest absolute Gasteiger partial charge is 0.481 e. The molecule has 5 rings (SSSR count). The minimum atomic E-state index is 0.0746. The van der Waals surface area contributed by atoms with Gasteiger partial charge in [0.2, 0.25) is 17.7 Å². The molecular weight excluding hydrogens is 434 g/mol. The molecule has 2 aliphatic heterocycles. The van der Waals surface area contributed by atoms with Gasteiger partial charge in [-0.05, 0) is 38.7 Å². The van der Waals surface area contributed by atoms with Gasteiger partial charge in [0, 0.05) is 31.1 Å². The van der Waals surface area contributed by atoms with Crippen LogP contribution in [0, 0.1) is 6.92 Å². The van der Waals surface area contributed by atoms with Crippen molar-refractivity contribution in [2.45, 2.75) is 64.4 Å². The van der Waals surface area contributed by atoms with Gasteiger partial charge >= 0.3 is 0 Å². The Bertz CT molecular complexity index is 1150. The monoisotopic (exact) mass is 465 g/mol. The highest BCUT2D eigenvalue weighted by atomic mass is 16.5. The summed E-state index contributed by atoms with van der Waals surface area (Å²) in [4.78, 5) is 13.7. The van der Waals surface area contributed by atoms with Crippen molar-refractivity contribution in [1.82, 2.24) is 25.5 Å². The van der Waals surface area contributed by atoms with E-state index in [0.717, 1.165) is 60.2 Å². The molecule has 0 aromatic carbocycles. The molecule has 1 N–H and O–H groups in total. The second-order valence-corrected chi connectivity index (χ2v) is 9.18. The van der Waals surface area contributed by atoms with E-state index >= 15 is 0 Å². The smallest absolute Gasteiger partial charge is 0.243 e. The molecule has 1 fully saturated rings. The summed E-state index contributed by atoms with van der Waals surface area (Å²) < 4.78 is 17.3. The van der Waals surface area contributed by atoms with Crippen molar-refractivity contribution in [1.29, 1.82) is 0 Å². The molecule has 1 saturated carbocycles. The predicted molar refractivity (Wildman–Crippen MR) is 127 cm³/mol. The highest BCUT2D eigenvalue weighted by Gasteiger charge is 2.35. The van der Waals surface area contributed by atoms with Crippen LogP contribution in [0.15, 0.2) is 45.1 Å². The molecule has 1 aliphatic carbocycles. The fourth-order valence-corrected chi connectivity index (χ4v) is 4.59. The van der Waals surface area contributed by atoms with Crippen molar-refractivity contribution in [3.05, 3.63) is 53.0 Å². The first-order valence-electron chi connectivity index (χ1n) is 11.7. The Morgan fingerprint density at radius 2 is 1.94 bits per heavy atom. The van der Waals surface area contributed by atoms with Gasteiger partial charge in [-0.3, -0.25) is 5.01 Å². The van der Waals surface area contributed by atoms with Crippen LogP contribution in [0.5, 0.6) is 5.88 Å². The average molecular weight is 466 g/mol. The molecule has 0 spiro atoms. The standard InChI is InChI=1S/C24H31N7O3/c1-14(2)22-28-23(34-29-22)16-6-8-17(9-7-16)33-24-21-18(25-13-26-24)12-30(4)31(21)19-10-11-20(32-5)27-15(19)3/h10-14,16-17H,6-9H2,1-5H3,(H,25,26). The molecule has 0 amide bonds. The van der Waals surface area contributed by atoms with Crippen LogP contribution in [0.2, 0.25) is 0 Å². The molecule has 10 nitrogen and oxygen atoms in total. The summed E-state index contributed by atoms with van der Waals surface area (Å²) in [7, 11) is 3.61. The summed E-state index contributed by atoms with van der Waals surface area (Å²) in [6, 6.07) is 3.86. The number of hydrazine groups is 1. The number of nitrogens with zero attached hydrogens (tertiary/aromatic N) is 6. The zero-order valence-corrected chi connectivity index (χ0v) is 20.3. The van der Waals surface area contributed by atoms with E-state index in [-0.39, 0.29) is 17.9 Å². The Hall–Kier alpha value is -3.56. The van der Waals surface area contributed by atoms with Crippen molar-refractivity contribution in [2.75, 3.05) is 19.2 Å². The molecule has 2 aromatic rings. The lowest BCUT2D eigenvalue weighted by molar-refractivity contribution is 0.0699. The molecule has 0 atom stereocenters. The van der Waals surface area contributed by atoms with Gasteiger partial charge < -0.3 is 19.3 Å². The zero-order valence-electron chi connectivity index (χ0n) is 20.3. The first kappa shape index (κ1) is 22.2. The van der Waals surface area contributed by atoms with E-state index in [9.17, 15) is 0 Å². The van der Waals surface area contributed by atoms with E-state index in [0.29, 0.717) is 11.8 Å². The summed E-state index contributed by atoms with van der Waals surface area (Å²) in [6.07, 6.45) is 7.48.